The molecule has 0 aliphatic carbocycles. The Hall–Kier alpha value is -1.22. The zero-order valence-corrected chi connectivity index (χ0v) is 9.95. The lowest BCUT2D eigenvalue weighted by Crippen LogP contribution is -2.32. The van der Waals surface area contributed by atoms with Crippen LogP contribution in [0.1, 0.15) is 12.8 Å². The lowest BCUT2D eigenvalue weighted by Gasteiger charge is -2.29. The number of piperidine rings is 1. The molecule has 0 spiro atoms. The predicted molar refractivity (Wildman–Crippen MR) is 69.6 cm³/mol. The van der Waals surface area contributed by atoms with E-state index in [1.54, 1.807) is 0 Å². The summed E-state index contributed by atoms with van der Waals surface area (Å²) in [6.07, 6.45) is 2.59. The second-order valence-corrected chi connectivity index (χ2v) is 4.75. The van der Waals surface area contributed by atoms with E-state index in [-0.39, 0.29) is 0 Å². The monoisotopic (exact) mass is 219 g/mol. The van der Waals surface area contributed by atoms with Crippen molar-refractivity contribution in [3.63, 3.8) is 0 Å². The van der Waals surface area contributed by atoms with E-state index in [4.69, 9.17) is 5.73 Å². The number of anilines is 2. The number of benzene rings is 1. The molecule has 0 aromatic heterocycles. The fourth-order valence-corrected chi connectivity index (χ4v) is 2.18. The molecule has 3 heteroatoms. The maximum Gasteiger partial charge on any atom is 0.0360 e. The highest BCUT2D eigenvalue weighted by Gasteiger charge is 2.15. The Kier molecular flexibility index (Phi) is 3.67. The van der Waals surface area contributed by atoms with Gasteiger partial charge < -0.3 is 16.0 Å². The van der Waals surface area contributed by atoms with Crippen LogP contribution in [0.15, 0.2) is 24.3 Å². The van der Waals surface area contributed by atoms with Crippen LogP contribution in [-0.4, -0.2) is 31.6 Å². The molecule has 0 saturated carbocycles. The third kappa shape index (κ3) is 3.14. The van der Waals surface area contributed by atoms with Crippen LogP contribution in [0.4, 0.5) is 11.4 Å². The number of nitrogens with zero attached hydrogens (tertiary/aromatic N) is 1. The molecular formula is C13H21N3. The zero-order chi connectivity index (χ0) is 11.4. The van der Waals surface area contributed by atoms with Gasteiger partial charge in [-0.25, -0.2) is 0 Å². The van der Waals surface area contributed by atoms with Crippen molar-refractivity contribution in [1.82, 2.24) is 4.90 Å². The summed E-state index contributed by atoms with van der Waals surface area (Å²) in [6, 6.07) is 7.98. The molecule has 0 radical (unpaired) electrons. The first-order valence-electron chi connectivity index (χ1n) is 6.02. The summed E-state index contributed by atoms with van der Waals surface area (Å²) < 4.78 is 0. The summed E-state index contributed by atoms with van der Waals surface area (Å²) in [5.74, 6) is 0.803. The minimum absolute atomic E-state index is 0.803. The van der Waals surface area contributed by atoms with Crippen LogP contribution in [0.25, 0.3) is 0 Å². The SMILES string of the molecule is CN1CCC(CNc2cccc(N)c2)CC1. The van der Waals surface area contributed by atoms with Gasteiger partial charge in [0.25, 0.3) is 0 Å². The number of nitrogens with two attached hydrogens (primary N) is 1. The Morgan fingerprint density at radius 2 is 2.12 bits per heavy atom. The van der Waals surface area contributed by atoms with Crippen LogP contribution in [0.5, 0.6) is 0 Å². The molecule has 0 amide bonds. The van der Waals surface area contributed by atoms with Gasteiger partial charge in [0, 0.05) is 17.9 Å². The van der Waals surface area contributed by atoms with Gasteiger partial charge in [0.1, 0.15) is 0 Å². The molecule has 1 heterocycles. The number of nitrogen functional groups attached to an aromatic ring is 1. The maximum atomic E-state index is 5.74. The van der Waals surface area contributed by atoms with E-state index in [1.807, 2.05) is 18.2 Å². The third-order valence-electron chi connectivity index (χ3n) is 3.32. The summed E-state index contributed by atoms with van der Waals surface area (Å²) in [7, 11) is 2.20. The van der Waals surface area contributed by atoms with Crippen molar-refractivity contribution in [3.05, 3.63) is 24.3 Å². The van der Waals surface area contributed by atoms with Gasteiger partial charge in [0.2, 0.25) is 0 Å². The Morgan fingerprint density at radius 1 is 1.38 bits per heavy atom. The normalized spacial score (nSPS) is 18.6. The van der Waals surface area contributed by atoms with E-state index in [2.05, 4.69) is 23.3 Å². The van der Waals surface area contributed by atoms with E-state index in [0.717, 1.165) is 23.8 Å². The molecule has 2 rings (SSSR count). The second-order valence-electron chi connectivity index (χ2n) is 4.75. The highest BCUT2D eigenvalue weighted by Crippen LogP contribution is 2.18. The van der Waals surface area contributed by atoms with E-state index in [9.17, 15) is 0 Å². The van der Waals surface area contributed by atoms with Crippen LogP contribution in [0, 0.1) is 5.92 Å². The first-order valence-corrected chi connectivity index (χ1v) is 6.02. The van der Waals surface area contributed by atoms with Gasteiger partial charge in [-0.2, -0.15) is 0 Å². The fourth-order valence-electron chi connectivity index (χ4n) is 2.18. The van der Waals surface area contributed by atoms with Gasteiger partial charge in [0.05, 0.1) is 0 Å². The molecule has 1 aliphatic heterocycles. The van der Waals surface area contributed by atoms with Crippen molar-refractivity contribution < 1.29 is 0 Å². The van der Waals surface area contributed by atoms with E-state index < -0.39 is 0 Å². The number of hydrogen-bond donors (Lipinski definition) is 2. The molecule has 3 N–H and O–H groups in total. The molecule has 1 saturated heterocycles. The number of likely N-dealkylation sites (tertiary alicyclic amines) is 1. The molecule has 88 valence electrons. The number of rotatable bonds is 3. The van der Waals surface area contributed by atoms with Crippen molar-refractivity contribution in [1.29, 1.82) is 0 Å². The highest BCUT2D eigenvalue weighted by atomic mass is 15.1. The first kappa shape index (κ1) is 11.3. The molecule has 1 aromatic rings. The number of nitrogens with one attached hydrogen (secondary N) is 1. The van der Waals surface area contributed by atoms with Crippen molar-refractivity contribution >= 4 is 11.4 Å². The van der Waals surface area contributed by atoms with Crippen molar-refractivity contribution in [3.8, 4) is 0 Å². The van der Waals surface area contributed by atoms with Crippen molar-refractivity contribution in [2.75, 3.05) is 37.7 Å². The summed E-state index contributed by atoms with van der Waals surface area (Å²) in [5.41, 5.74) is 7.70. The summed E-state index contributed by atoms with van der Waals surface area (Å²) >= 11 is 0. The van der Waals surface area contributed by atoms with Crippen molar-refractivity contribution in [2.24, 2.45) is 5.92 Å². The van der Waals surface area contributed by atoms with Gasteiger partial charge in [0.15, 0.2) is 0 Å². The Labute approximate surface area is 97.6 Å². The second kappa shape index (κ2) is 5.21. The van der Waals surface area contributed by atoms with E-state index in [1.165, 1.54) is 25.9 Å². The molecule has 0 bridgehead atoms. The quantitative estimate of drug-likeness (QED) is 0.764. The lowest BCUT2D eigenvalue weighted by atomic mass is 9.97. The van der Waals surface area contributed by atoms with Gasteiger partial charge in [-0.1, -0.05) is 6.07 Å². The molecule has 0 unspecified atom stereocenters. The molecule has 16 heavy (non-hydrogen) atoms. The minimum atomic E-state index is 0.803. The van der Waals surface area contributed by atoms with E-state index in [0.29, 0.717) is 0 Å². The average molecular weight is 219 g/mol. The number of hydrogen-bond acceptors (Lipinski definition) is 3. The molecule has 0 atom stereocenters. The van der Waals surface area contributed by atoms with Crippen LogP contribution in [0.2, 0.25) is 0 Å². The lowest BCUT2D eigenvalue weighted by molar-refractivity contribution is 0.226. The van der Waals surface area contributed by atoms with Gasteiger partial charge in [-0.05, 0) is 57.1 Å². The van der Waals surface area contributed by atoms with Crippen LogP contribution >= 0.6 is 0 Å². The van der Waals surface area contributed by atoms with Gasteiger partial charge in [-0.3, -0.25) is 0 Å². The Bertz CT molecular complexity index is 330. The van der Waals surface area contributed by atoms with Gasteiger partial charge in [-0.15, -0.1) is 0 Å². The smallest absolute Gasteiger partial charge is 0.0360 e. The average Bonchev–Trinajstić information content (AvgIpc) is 2.28. The molecular weight excluding hydrogens is 198 g/mol. The Balaban J connectivity index is 1.79. The first-order chi connectivity index (χ1) is 7.74. The summed E-state index contributed by atoms with van der Waals surface area (Å²) in [5, 5.41) is 3.47. The van der Waals surface area contributed by atoms with Gasteiger partial charge >= 0.3 is 0 Å². The fraction of sp³-hybridized carbons (Fsp3) is 0.538. The zero-order valence-electron chi connectivity index (χ0n) is 9.95. The Morgan fingerprint density at radius 3 is 2.81 bits per heavy atom. The van der Waals surface area contributed by atoms with Crippen LogP contribution in [0.3, 0.4) is 0 Å². The standard InChI is InChI=1S/C13H21N3/c1-16-7-5-11(6-8-16)10-15-13-4-2-3-12(14)9-13/h2-4,9,11,15H,5-8,10,14H2,1H3. The summed E-state index contributed by atoms with van der Waals surface area (Å²) in [6.45, 7) is 3.52. The van der Waals surface area contributed by atoms with E-state index >= 15 is 0 Å². The maximum absolute atomic E-state index is 5.74. The van der Waals surface area contributed by atoms with Crippen LogP contribution < -0.4 is 11.1 Å². The largest absolute Gasteiger partial charge is 0.399 e. The molecule has 3 nitrogen and oxygen atoms in total. The topological polar surface area (TPSA) is 41.3 Å². The molecule has 1 aliphatic rings. The predicted octanol–water partition coefficient (Wildman–Crippen LogP) is 2.02. The molecule has 1 fully saturated rings. The highest BCUT2D eigenvalue weighted by molar-refractivity contribution is 5.54. The van der Waals surface area contributed by atoms with Crippen LogP contribution in [-0.2, 0) is 0 Å². The summed E-state index contributed by atoms with van der Waals surface area (Å²) in [4.78, 5) is 2.40. The minimum Gasteiger partial charge on any atom is -0.399 e. The molecule has 1 aromatic carbocycles. The van der Waals surface area contributed by atoms with Crippen molar-refractivity contribution in [2.45, 2.75) is 12.8 Å². The third-order valence-corrected chi connectivity index (χ3v) is 3.32.